The molecule has 0 amide bonds. The molecular formula is C10H16N2S. The van der Waals surface area contributed by atoms with Crippen LogP contribution in [0.2, 0.25) is 0 Å². The van der Waals surface area contributed by atoms with E-state index in [0.717, 1.165) is 18.1 Å². The van der Waals surface area contributed by atoms with Gasteiger partial charge in [-0.15, -0.1) is 11.8 Å². The zero-order chi connectivity index (χ0) is 9.52. The normalized spacial score (nSPS) is 10.3. The Bertz CT molecular complexity index is 233. The molecule has 0 unspecified atom stereocenters. The third kappa shape index (κ3) is 3.79. The van der Waals surface area contributed by atoms with Crippen molar-refractivity contribution in [3.8, 4) is 0 Å². The number of rotatable bonds is 5. The van der Waals surface area contributed by atoms with Crippen LogP contribution in [0.1, 0.15) is 18.9 Å². The first-order valence-electron chi connectivity index (χ1n) is 4.56. The topological polar surface area (TPSA) is 24.9 Å². The van der Waals surface area contributed by atoms with Crippen LogP contribution in [0.3, 0.4) is 0 Å². The van der Waals surface area contributed by atoms with Crippen molar-refractivity contribution in [1.29, 1.82) is 0 Å². The molecular weight excluding hydrogens is 180 g/mol. The van der Waals surface area contributed by atoms with Crippen LogP contribution in [0, 0.1) is 0 Å². The molecule has 0 spiro atoms. The maximum atomic E-state index is 4.30. The number of pyridine rings is 1. The lowest BCUT2D eigenvalue weighted by Gasteiger charge is -2.02. The van der Waals surface area contributed by atoms with Crippen molar-refractivity contribution in [3.63, 3.8) is 0 Å². The smallest absolute Gasteiger partial charge is 0.0957 e. The van der Waals surface area contributed by atoms with Crippen LogP contribution < -0.4 is 5.32 Å². The molecule has 1 N–H and O–H groups in total. The molecule has 0 saturated heterocycles. The van der Waals surface area contributed by atoms with E-state index in [1.165, 1.54) is 12.0 Å². The minimum Gasteiger partial charge on any atom is -0.313 e. The number of aromatic nitrogens is 1. The van der Waals surface area contributed by atoms with Crippen LogP contribution in [0.5, 0.6) is 0 Å². The van der Waals surface area contributed by atoms with Crippen molar-refractivity contribution in [1.82, 2.24) is 10.3 Å². The summed E-state index contributed by atoms with van der Waals surface area (Å²) < 4.78 is 0. The Morgan fingerprint density at radius 1 is 1.46 bits per heavy atom. The van der Waals surface area contributed by atoms with E-state index in [2.05, 4.69) is 29.4 Å². The van der Waals surface area contributed by atoms with Gasteiger partial charge in [-0.25, -0.2) is 4.98 Å². The first-order chi connectivity index (χ1) is 6.36. The molecule has 72 valence electrons. The Morgan fingerprint density at radius 3 is 2.85 bits per heavy atom. The van der Waals surface area contributed by atoms with E-state index in [-0.39, 0.29) is 0 Å². The first kappa shape index (κ1) is 10.5. The average molecular weight is 196 g/mol. The molecule has 0 radical (unpaired) electrons. The molecule has 1 rings (SSSR count). The predicted octanol–water partition coefficient (Wildman–Crippen LogP) is 2.30. The van der Waals surface area contributed by atoms with Gasteiger partial charge in [-0.2, -0.15) is 0 Å². The summed E-state index contributed by atoms with van der Waals surface area (Å²) in [4.78, 5) is 4.30. The van der Waals surface area contributed by atoms with Crippen molar-refractivity contribution >= 4 is 11.8 Å². The van der Waals surface area contributed by atoms with Crippen molar-refractivity contribution in [2.45, 2.75) is 24.9 Å². The molecule has 0 fully saturated rings. The molecule has 0 bridgehead atoms. The van der Waals surface area contributed by atoms with Gasteiger partial charge < -0.3 is 5.32 Å². The lowest BCUT2D eigenvalue weighted by atomic mass is 10.3. The van der Waals surface area contributed by atoms with E-state index in [0.29, 0.717) is 0 Å². The van der Waals surface area contributed by atoms with Crippen LogP contribution >= 0.6 is 11.8 Å². The van der Waals surface area contributed by atoms with Crippen molar-refractivity contribution in [3.05, 3.63) is 23.9 Å². The van der Waals surface area contributed by atoms with Gasteiger partial charge in [-0.1, -0.05) is 13.0 Å². The summed E-state index contributed by atoms with van der Waals surface area (Å²) in [5.74, 6) is 0. The molecule has 1 aromatic heterocycles. The Labute approximate surface area is 84.1 Å². The minimum absolute atomic E-state index is 0.926. The Morgan fingerprint density at radius 2 is 2.31 bits per heavy atom. The zero-order valence-electron chi connectivity index (χ0n) is 8.21. The lowest BCUT2D eigenvalue weighted by Crippen LogP contribution is -2.13. The summed E-state index contributed by atoms with van der Waals surface area (Å²) >= 11 is 1.67. The number of hydrogen-bond donors (Lipinski definition) is 1. The van der Waals surface area contributed by atoms with Gasteiger partial charge in [-0.05, 0) is 30.9 Å². The monoisotopic (exact) mass is 196 g/mol. The second kappa shape index (κ2) is 6.00. The van der Waals surface area contributed by atoms with E-state index in [1.54, 1.807) is 11.8 Å². The standard InChI is InChI=1S/C10H16N2S/c1-3-6-11-7-9-4-5-10(13-2)12-8-9/h4-5,8,11H,3,6-7H2,1-2H3. The zero-order valence-corrected chi connectivity index (χ0v) is 9.03. The summed E-state index contributed by atoms with van der Waals surface area (Å²) in [5, 5.41) is 4.42. The van der Waals surface area contributed by atoms with Crippen LogP contribution in [-0.4, -0.2) is 17.8 Å². The van der Waals surface area contributed by atoms with Crippen LogP contribution in [0.4, 0.5) is 0 Å². The molecule has 0 atom stereocenters. The fourth-order valence-corrected chi connectivity index (χ4v) is 1.41. The van der Waals surface area contributed by atoms with Gasteiger partial charge >= 0.3 is 0 Å². The predicted molar refractivity (Wildman–Crippen MR) is 58.0 cm³/mol. The van der Waals surface area contributed by atoms with Gasteiger partial charge in [0.25, 0.3) is 0 Å². The largest absolute Gasteiger partial charge is 0.313 e. The fourth-order valence-electron chi connectivity index (χ4n) is 1.05. The van der Waals surface area contributed by atoms with Crippen molar-refractivity contribution < 1.29 is 0 Å². The van der Waals surface area contributed by atoms with Crippen LogP contribution in [-0.2, 0) is 6.54 Å². The van der Waals surface area contributed by atoms with Crippen LogP contribution in [0.15, 0.2) is 23.4 Å². The Balaban J connectivity index is 2.40. The molecule has 3 heteroatoms. The maximum absolute atomic E-state index is 4.30. The minimum atomic E-state index is 0.926. The van der Waals surface area contributed by atoms with Gasteiger partial charge in [0.15, 0.2) is 0 Å². The van der Waals surface area contributed by atoms with E-state index in [4.69, 9.17) is 0 Å². The Hall–Kier alpha value is -0.540. The fraction of sp³-hybridized carbons (Fsp3) is 0.500. The van der Waals surface area contributed by atoms with Gasteiger partial charge in [-0.3, -0.25) is 0 Å². The summed E-state index contributed by atoms with van der Waals surface area (Å²) in [6.45, 7) is 4.17. The van der Waals surface area contributed by atoms with Crippen molar-refractivity contribution in [2.24, 2.45) is 0 Å². The quantitative estimate of drug-likeness (QED) is 0.578. The van der Waals surface area contributed by atoms with E-state index in [1.807, 2.05) is 12.5 Å². The van der Waals surface area contributed by atoms with Gasteiger partial charge in [0.1, 0.15) is 0 Å². The van der Waals surface area contributed by atoms with Gasteiger partial charge in [0.05, 0.1) is 5.03 Å². The SMILES string of the molecule is CCCNCc1ccc(SC)nc1. The molecule has 0 aromatic carbocycles. The molecule has 0 aliphatic carbocycles. The summed E-state index contributed by atoms with van der Waals surface area (Å²) in [7, 11) is 0. The number of nitrogens with zero attached hydrogens (tertiary/aromatic N) is 1. The molecule has 1 aromatic rings. The maximum Gasteiger partial charge on any atom is 0.0957 e. The van der Waals surface area contributed by atoms with Gasteiger partial charge in [0.2, 0.25) is 0 Å². The second-order valence-electron chi connectivity index (χ2n) is 2.89. The first-order valence-corrected chi connectivity index (χ1v) is 5.79. The lowest BCUT2D eigenvalue weighted by molar-refractivity contribution is 0.673. The van der Waals surface area contributed by atoms with Crippen molar-refractivity contribution in [2.75, 3.05) is 12.8 Å². The van der Waals surface area contributed by atoms with E-state index in [9.17, 15) is 0 Å². The highest BCUT2D eigenvalue weighted by Crippen LogP contribution is 2.10. The summed E-state index contributed by atoms with van der Waals surface area (Å²) in [6.07, 6.45) is 5.15. The third-order valence-corrected chi connectivity index (χ3v) is 2.42. The number of nitrogens with one attached hydrogen (secondary N) is 1. The molecule has 2 nitrogen and oxygen atoms in total. The highest BCUT2D eigenvalue weighted by atomic mass is 32.2. The highest BCUT2D eigenvalue weighted by molar-refractivity contribution is 7.98. The molecule has 1 heterocycles. The number of thioether (sulfide) groups is 1. The third-order valence-electron chi connectivity index (χ3n) is 1.76. The van der Waals surface area contributed by atoms with Gasteiger partial charge in [0, 0.05) is 12.7 Å². The number of hydrogen-bond acceptors (Lipinski definition) is 3. The average Bonchev–Trinajstić information content (AvgIpc) is 2.19. The summed E-state index contributed by atoms with van der Waals surface area (Å²) in [5.41, 5.74) is 1.26. The van der Waals surface area contributed by atoms with E-state index < -0.39 is 0 Å². The molecule has 0 aliphatic rings. The molecule has 0 saturated carbocycles. The molecule has 0 aliphatic heterocycles. The second-order valence-corrected chi connectivity index (χ2v) is 3.71. The van der Waals surface area contributed by atoms with Crippen LogP contribution in [0.25, 0.3) is 0 Å². The Kier molecular flexibility index (Phi) is 4.86. The summed E-state index contributed by atoms with van der Waals surface area (Å²) in [6, 6.07) is 4.19. The van der Waals surface area contributed by atoms with E-state index >= 15 is 0 Å². The molecule has 13 heavy (non-hydrogen) atoms. The highest BCUT2D eigenvalue weighted by Gasteiger charge is 1.93.